The molecule has 0 bridgehead atoms. The fourth-order valence-electron chi connectivity index (χ4n) is 1.04. The van der Waals surface area contributed by atoms with Crippen molar-refractivity contribution >= 4 is 5.57 Å². The molecule has 0 saturated carbocycles. The quantitative estimate of drug-likeness (QED) is 0.639. The summed E-state index contributed by atoms with van der Waals surface area (Å²) in [6, 6.07) is 7.80. The minimum Gasteiger partial charge on any atom is -0.497 e. The molecule has 1 heteroatoms. The van der Waals surface area contributed by atoms with Crippen LogP contribution in [0, 0.1) is 0 Å². The first-order valence-corrected chi connectivity index (χ1v) is 4.14. The molecule has 1 rings (SSSR count). The highest BCUT2D eigenvalue weighted by Gasteiger charge is 1.98. The molecule has 13 heavy (non-hydrogen) atoms. The van der Waals surface area contributed by atoms with Crippen LogP contribution < -0.4 is 4.74 Å². The van der Waals surface area contributed by atoms with Crippen molar-refractivity contribution in [3.05, 3.63) is 48.6 Å². The summed E-state index contributed by atoms with van der Waals surface area (Å²) in [6.45, 7) is 9.73. The van der Waals surface area contributed by atoms with E-state index >= 15 is 0 Å². The van der Waals surface area contributed by atoms with Crippen molar-refractivity contribution in [2.24, 2.45) is 0 Å². The van der Waals surface area contributed by atoms with Gasteiger partial charge >= 0.3 is 0 Å². The molecule has 0 N–H and O–H groups in total. The third-order valence-electron chi connectivity index (χ3n) is 1.95. The van der Waals surface area contributed by atoms with Crippen molar-refractivity contribution in [2.75, 3.05) is 7.11 Å². The van der Waals surface area contributed by atoms with E-state index in [1.165, 1.54) is 0 Å². The highest BCUT2D eigenvalue weighted by Crippen LogP contribution is 2.21. The Morgan fingerprint density at radius 3 is 2.08 bits per heavy atom. The SMILES string of the molecule is C=C(C)C(=C)c1ccc(OC)cc1. The number of hydrogen-bond donors (Lipinski definition) is 0. The molecule has 0 aliphatic heterocycles. The molecule has 0 fully saturated rings. The summed E-state index contributed by atoms with van der Waals surface area (Å²) in [5, 5.41) is 0. The van der Waals surface area contributed by atoms with E-state index in [9.17, 15) is 0 Å². The largest absolute Gasteiger partial charge is 0.497 e. The van der Waals surface area contributed by atoms with Crippen molar-refractivity contribution in [3.8, 4) is 5.75 Å². The maximum atomic E-state index is 5.06. The van der Waals surface area contributed by atoms with Gasteiger partial charge in [-0.2, -0.15) is 0 Å². The molecule has 0 aromatic heterocycles. The van der Waals surface area contributed by atoms with Crippen LogP contribution in [0.4, 0.5) is 0 Å². The number of ether oxygens (including phenoxy) is 1. The molecule has 0 saturated heterocycles. The van der Waals surface area contributed by atoms with Gasteiger partial charge in [-0.1, -0.05) is 30.9 Å². The summed E-state index contributed by atoms with van der Waals surface area (Å²) in [5.41, 5.74) is 3.06. The summed E-state index contributed by atoms with van der Waals surface area (Å²) in [6.07, 6.45) is 0. The minimum atomic E-state index is 0.860. The van der Waals surface area contributed by atoms with Gasteiger partial charge in [0.05, 0.1) is 7.11 Å². The molecule has 0 atom stereocenters. The van der Waals surface area contributed by atoms with Gasteiger partial charge in [0.15, 0.2) is 0 Å². The van der Waals surface area contributed by atoms with Gasteiger partial charge < -0.3 is 4.74 Å². The standard InChI is InChI=1S/C12H14O/c1-9(2)10(3)11-5-7-12(13-4)8-6-11/h5-8H,1,3H2,2,4H3. The maximum Gasteiger partial charge on any atom is 0.118 e. The molecule has 1 aromatic rings. The zero-order chi connectivity index (χ0) is 9.84. The summed E-state index contributed by atoms with van der Waals surface area (Å²) < 4.78 is 5.06. The van der Waals surface area contributed by atoms with Gasteiger partial charge in [-0.15, -0.1) is 0 Å². The fraction of sp³-hybridized carbons (Fsp3) is 0.167. The lowest BCUT2D eigenvalue weighted by Crippen LogP contribution is -1.85. The van der Waals surface area contributed by atoms with Crippen LogP contribution in [-0.4, -0.2) is 7.11 Å². The Bertz CT molecular complexity index is 319. The van der Waals surface area contributed by atoms with E-state index in [1.54, 1.807) is 7.11 Å². The predicted octanol–water partition coefficient (Wildman–Crippen LogP) is 3.28. The van der Waals surface area contributed by atoms with E-state index in [0.29, 0.717) is 0 Å². The second-order valence-corrected chi connectivity index (χ2v) is 2.99. The lowest BCUT2D eigenvalue weighted by Gasteiger charge is -2.05. The van der Waals surface area contributed by atoms with Crippen LogP contribution in [0.15, 0.2) is 43.0 Å². The van der Waals surface area contributed by atoms with Gasteiger partial charge in [0, 0.05) is 0 Å². The van der Waals surface area contributed by atoms with Gasteiger partial charge in [0.2, 0.25) is 0 Å². The lowest BCUT2D eigenvalue weighted by molar-refractivity contribution is 0.415. The van der Waals surface area contributed by atoms with E-state index in [2.05, 4.69) is 13.2 Å². The van der Waals surface area contributed by atoms with Crippen LogP contribution in [0.2, 0.25) is 0 Å². The van der Waals surface area contributed by atoms with E-state index < -0.39 is 0 Å². The zero-order valence-corrected chi connectivity index (χ0v) is 8.13. The van der Waals surface area contributed by atoms with Crippen LogP contribution in [0.5, 0.6) is 5.75 Å². The first kappa shape index (κ1) is 9.59. The van der Waals surface area contributed by atoms with Crippen LogP contribution in [0.25, 0.3) is 5.57 Å². The third kappa shape index (κ3) is 2.22. The molecular formula is C12H14O. The topological polar surface area (TPSA) is 9.23 Å². The number of allylic oxidation sites excluding steroid dienone is 2. The van der Waals surface area contributed by atoms with Gasteiger partial charge in [-0.05, 0) is 30.2 Å². The van der Waals surface area contributed by atoms with Crippen LogP contribution in [0.1, 0.15) is 12.5 Å². The Hall–Kier alpha value is -1.50. The minimum absolute atomic E-state index is 0.860. The summed E-state index contributed by atoms with van der Waals surface area (Å²) in [7, 11) is 1.66. The Morgan fingerprint density at radius 2 is 1.69 bits per heavy atom. The smallest absolute Gasteiger partial charge is 0.118 e. The normalized spacial score (nSPS) is 9.38. The zero-order valence-electron chi connectivity index (χ0n) is 8.13. The first-order valence-electron chi connectivity index (χ1n) is 4.14. The number of methoxy groups -OCH3 is 1. The van der Waals surface area contributed by atoms with E-state index in [1.807, 2.05) is 31.2 Å². The van der Waals surface area contributed by atoms with Gasteiger partial charge in [0.25, 0.3) is 0 Å². The van der Waals surface area contributed by atoms with Crippen molar-refractivity contribution in [1.82, 2.24) is 0 Å². The molecule has 1 aromatic carbocycles. The maximum absolute atomic E-state index is 5.06. The Balaban J connectivity index is 2.92. The molecule has 0 aliphatic carbocycles. The van der Waals surface area contributed by atoms with Gasteiger partial charge in [-0.3, -0.25) is 0 Å². The Kier molecular flexibility index (Phi) is 2.91. The van der Waals surface area contributed by atoms with E-state index in [-0.39, 0.29) is 0 Å². The van der Waals surface area contributed by atoms with Crippen LogP contribution in [0.3, 0.4) is 0 Å². The molecule has 0 spiro atoms. The number of benzene rings is 1. The monoisotopic (exact) mass is 174 g/mol. The van der Waals surface area contributed by atoms with Crippen molar-refractivity contribution in [2.45, 2.75) is 6.92 Å². The third-order valence-corrected chi connectivity index (χ3v) is 1.95. The highest BCUT2D eigenvalue weighted by molar-refractivity contribution is 5.76. The van der Waals surface area contributed by atoms with Crippen LogP contribution >= 0.6 is 0 Å². The molecule has 1 nitrogen and oxygen atoms in total. The predicted molar refractivity (Wildman–Crippen MR) is 56.8 cm³/mol. The average molecular weight is 174 g/mol. The molecule has 68 valence electrons. The number of hydrogen-bond acceptors (Lipinski definition) is 1. The number of rotatable bonds is 3. The second-order valence-electron chi connectivity index (χ2n) is 2.99. The lowest BCUT2D eigenvalue weighted by atomic mass is 10.0. The Labute approximate surface area is 79.4 Å². The molecule has 0 radical (unpaired) electrons. The fourth-order valence-corrected chi connectivity index (χ4v) is 1.04. The highest BCUT2D eigenvalue weighted by atomic mass is 16.5. The van der Waals surface area contributed by atoms with Gasteiger partial charge in [0.1, 0.15) is 5.75 Å². The molecule has 0 amide bonds. The van der Waals surface area contributed by atoms with Crippen molar-refractivity contribution in [1.29, 1.82) is 0 Å². The molecule has 0 aliphatic rings. The summed E-state index contributed by atoms with van der Waals surface area (Å²) in [5.74, 6) is 0.860. The second kappa shape index (κ2) is 3.94. The molecule has 0 heterocycles. The Morgan fingerprint density at radius 1 is 1.15 bits per heavy atom. The van der Waals surface area contributed by atoms with Crippen molar-refractivity contribution < 1.29 is 4.74 Å². The van der Waals surface area contributed by atoms with E-state index in [4.69, 9.17) is 4.74 Å². The molecule has 0 unspecified atom stereocenters. The van der Waals surface area contributed by atoms with Gasteiger partial charge in [-0.25, -0.2) is 0 Å². The van der Waals surface area contributed by atoms with Crippen LogP contribution in [-0.2, 0) is 0 Å². The average Bonchev–Trinajstić information content (AvgIpc) is 2.17. The molecular weight excluding hydrogens is 160 g/mol. The van der Waals surface area contributed by atoms with Crippen molar-refractivity contribution in [3.63, 3.8) is 0 Å². The summed E-state index contributed by atoms with van der Waals surface area (Å²) in [4.78, 5) is 0. The summed E-state index contributed by atoms with van der Waals surface area (Å²) >= 11 is 0. The first-order chi connectivity index (χ1) is 6.15. The van der Waals surface area contributed by atoms with E-state index in [0.717, 1.165) is 22.5 Å².